The lowest BCUT2D eigenvalue weighted by molar-refractivity contribution is -0.116. The molecule has 142 valence electrons. The molecule has 0 saturated carbocycles. The molecule has 6 rings (SSSR count). The fourth-order valence-electron chi connectivity index (χ4n) is 4.89. The maximum Gasteiger partial charge on any atom is 0.259 e. The lowest BCUT2D eigenvalue weighted by Crippen LogP contribution is -2.32. The van der Waals surface area contributed by atoms with Crippen LogP contribution in [-0.4, -0.2) is 11.7 Å². The number of para-hydroxylation sites is 2. The van der Waals surface area contributed by atoms with Gasteiger partial charge in [0.15, 0.2) is 5.78 Å². The van der Waals surface area contributed by atoms with E-state index in [4.69, 9.17) is 4.42 Å². The van der Waals surface area contributed by atoms with Gasteiger partial charge in [0, 0.05) is 29.2 Å². The third-order valence-electron chi connectivity index (χ3n) is 6.14. The number of amides is 1. The molecule has 2 aromatic carbocycles. The number of fused-ring (bicyclic) bond motifs is 6. The highest BCUT2D eigenvalue weighted by Crippen LogP contribution is 2.50. The van der Waals surface area contributed by atoms with Crippen LogP contribution >= 0.6 is 0 Å². The Kier molecular flexibility index (Phi) is 3.36. The average molecular weight is 382 g/mol. The zero-order valence-corrected chi connectivity index (χ0v) is 15.6. The molecule has 0 unspecified atom stereocenters. The zero-order valence-electron chi connectivity index (χ0n) is 15.6. The molecule has 1 N–H and O–H groups in total. The molecule has 1 amide bonds. The second-order valence-corrected chi connectivity index (χ2v) is 7.74. The number of Topliss-reactive ketones (excluding diaryl/α,β-unsaturated/α-hetero) is 1. The van der Waals surface area contributed by atoms with Crippen LogP contribution in [0.1, 0.15) is 46.5 Å². The fraction of sp³-hybridized carbons (Fsp3) is 0.167. The first-order valence-electron chi connectivity index (χ1n) is 9.80. The predicted octanol–water partition coefficient (Wildman–Crippen LogP) is 4.81. The van der Waals surface area contributed by atoms with Gasteiger partial charge in [-0.15, -0.1) is 0 Å². The summed E-state index contributed by atoms with van der Waals surface area (Å²) in [5.41, 5.74) is 4.79. The van der Waals surface area contributed by atoms with E-state index in [1.54, 1.807) is 11.2 Å². The van der Waals surface area contributed by atoms with Crippen LogP contribution in [0.4, 0.5) is 11.4 Å². The number of nitrogens with zero attached hydrogens (tertiary/aromatic N) is 1. The van der Waals surface area contributed by atoms with Crippen molar-refractivity contribution in [3.05, 3.63) is 95.1 Å². The van der Waals surface area contributed by atoms with Gasteiger partial charge in [0.25, 0.3) is 5.91 Å². The third kappa shape index (κ3) is 2.27. The van der Waals surface area contributed by atoms with E-state index in [0.29, 0.717) is 24.0 Å². The van der Waals surface area contributed by atoms with Crippen molar-refractivity contribution in [2.24, 2.45) is 0 Å². The lowest BCUT2D eigenvalue weighted by Gasteiger charge is -2.30. The number of hydrogen-bond donors (Lipinski definition) is 1. The van der Waals surface area contributed by atoms with Gasteiger partial charge < -0.3 is 9.73 Å². The van der Waals surface area contributed by atoms with Gasteiger partial charge in [-0.05, 0) is 42.3 Å². The Morgan fingerprint density at radius 1 is 0.931 bits per heavy atom. The standard InChI is InChI=1S/C24H18N2O3/c27-20-13-14(21-10-5-11-29-21)12-18-22(20)23-15-6-1-2-7-16(15)24(28)26(23)19-9-4-3-8-17(19)25-18/h1-11,14,23,25H,12-13H2/t14-,23-/m0/s1. The van der Waals surface area contributed by atoms with Gasteiger partial charge in [-0.2, -0.15) is 0 Å². The molecular formula is C24H18N2O3. The molecule has 5 nitrogen and oxygen atoms in total. The molecule has 29 heavy (non-hydrogen) atoms. The number of rotatable bonds is 1. The van der Waals surface area contributed by atoms with Crippen LogP contribution in [0.25, 0.3) is 0 Å². The summed E-state index contributed by atoms with van der Waals surface area (Å²) in [6.45, 7) is 0. The minimum Gasteiger partial charge on any atom is -0.469 e. The van der Waals surface area contributed by atoms with E-state index in [0.717, 1.165) is 28.4 Å². The summed E-state index contributed by atoms with van der Waals surface area (Å²) in [5.74, 6) is 0.820. The number of anilines is 2. The molecule has 0 bridgehead atoms. The molecule has 2 aliphatic heterocycles. The van der Waals surface area contributed by atoms with Crippen LogP contribution in [0.15, 0.2) is 82.6 Å². The molecule has 0 fully saturated rings. The fourth-order valence-corrected chi connectivity index (χ4v) is 4.89. The van der Waals surface area contributed by atoms with E-state index in [9.17, 15) is 9.59 Å². The number of ketones is 1. The van der Waals surface area contributed by atoms with E-state index in [2.05, 4.69) is 5.32 Å². The quantitative estimate of drug-likeness (QED) is 0.656. The Morgan fingerprint density at radius 3 is 2.62 bits per heavy atom. The van der Waals surface area contributed by atoms with Crippen molar-refractivity contribution in [2.45, 2.75) is 24.8 Å². The summed E-state index contributed by atoms with van der Waals surface area (Å²) in [6, 6.07) is 18.8. The second kappa shape index (κ2) is 5.95. The number of carbonyl (C=O) groups is 2. The second-order valence-electron chi connectivity index (χ2n) is 7.74. The SMILES string of the molecule is O=C1C[C@@H](c2ccco2)CC2=C1[C@@H]1c3ccccc3C(=O)N1c1ccccc1N2. The van der Waals surface area contributed by atoms with Crippen molar-refractivity contribution >= 4 is 23.1 Å². The summed E-state index contributed by atoms with van der Waals surface area (Å²) in [5, 5.41) is 3.49. The van der Waals surface area contributed by atoms with E-state index < -0.39 is 6.04 Å². The minimum atomic E-state index is -0.394. The summed E-state index contributed by atoms with van der Waals surface area (Å²) in [4.78, 5) is 28.5. The van der Waals surface area contributed by atoms with Crippen LogP contribution in [0, 0.1) is 0 Å². The van der Waals surface area contributed by atoms with Crippen molar-refractivity contribution in [1.29, 1.82) is 0 Å². The average Bonchev–Trinajstić information content (AvgIpc) is 3.33. The summed E-state index contributed by atoms with van der Waals surface area (Å²) in [6.07, 6.45) is 2.70. The Hall–Kier alpha value is -3.60. The third-order valence-corrected chi connectivity index (χ3v) is 6.14. The monoisotopic (exact) mass is 382 g/mol. The van der Waals surface area contributed by atoms with Gasteiger partial charge in [-0.3, -0.25) is 14.5 Å². The topological polar surface area (TPSA) is 62.6 Å². The Bertz CT molecular complexity index is 1190. The molecule has 0 spiro atoms. The van der Waals surface area contributed by atoms with Crippen LogP contribution in [0.2, 0.25) is 0 Å². The van der Waals surface area contributed by atoms with Crippen molar-refractivity contribution in [3.8, 4) is 0 Å². The smallest absolute Gasteiger partial charge is 0.259 e. The molecular weight excluding hydrogens is 364 g/mol. The van der Waals surface area contributed by atoms with E-state index in [-0.39, 0.29) is 17.6 Å². The summed E-state index contributed by atoms with van der Waals surface area (Å²) in [7, 11) is 0. The number of furan rings is 1. The maximum absolute atomic E-state index is 13.4. The highest BCUT2D eigenvalue weighted by molar-refractivity contribution is 6.16. The molecule has 1 aliphatic carbocycles. The zero-order chi connectivity index (χ0) is 19.5. The molecule has 1 aromatic heterocycles. The molecule has 2 atom stereocenters. The van der Waals surface area contributed by atoms with E-state index >= 15 is 0 Å². The van der Waals surface area contributed by atoms with Gasteiger partial charge in [-0.25, -0.2) is 0 Å². The van der Waals surface area contributed by atoms with Gasteiger partial charge in [0.05, 0.1) is 23.7 Å². The first kappa shape index (κ1) is 16.4. The first-order chi connectivity index (χ1) is 14.2. The Balaban J connectivity index is 1.57. The molecule has 0 radical (unpaired) electrons. The Labute approximate surface area is 167 Å². The van der Waals surface area contributed by atoms with Gasteiger partial charge >= 0.3 is 0 Å². The molecule has 3 aliphatic rings. The molecule has 0 saturated heterocycles. The van der Waals surface area contributed by atoms with Gasteiger partial charge in [-0.1, -0.05) is 30.3 Å². The number of carbonyl (C=O) groups excluding carboxylic acids is 2. The normalized spacial score (nSPS) is 22.4. The van der Waals surface area contributed by atoms with Crippen molar-refractivity contribution in [1.82, 2.24) is 0 Å². The molecule has 3 heterocycles. The van der Waals surface area contributed by atoms with Gasteiger partial charge in [0.2, 0.25) is 0 Å². The van der Waals surface area contributed by atoms with E-state index in [1.807, 2.05) is 60.7 Å². The van der Waals surface area contributed by atoms with Crippen molar-refractivity contribution in [3.63, 3.8) is 0 Å². The number of hydrogen-bond acceptors (Lipinski definition) is 4. The van der Waals surface area contributed by atoms with Crippen molar-refractivity contribution in [2.75, 3.05) is 10.2 Å². The largest absolute Gasteiger partial charge is 0.469 e. The predicted molar refractivity (Wildman–Crippen MR) is 109 cm³/mol. The molecule has 5 heteroatoms. The Morgan fingerprint density at radius 2 is 1.76 bits per heavy atom. The van der Waals surface area contributed by atoms with Crippen LogP contribution in [0.5, 0.6) is 0 Å². The van der Waals surface area contributed by atoms with Crippen LogP contribution in [0.3, 0.4) is 0 Å². The van der Waals surface area contributed by atoms with Crippen molar-refractivity contribution < 1.29 is 14.0 Å². The molecule has 3 aromatic rings. The summed E-state index contributed by atoms with van der Waals surface area (Å²) < 4.78 is 5.59. The van der Waals surface area contributed by atoms with Crippen LogP contribution in [-0.2, 0) is 4.79 Å². The van der Waals surface area contributed by atoms with Crippen LogP contribution < -0.4 is 10.2 Å². The number of nitrogens with one attached hydrogen (secondary N) is 1. The first-order valence-corrected chi connectivity index (χ1v) is 9.80. The maximum atomic E-state index is 13.4. The number of allylic oxidation sites excluding steroid dienone is 1. The highest BCUT2D eigenvalue weighted by Gasteiger charge is 2.46. The number of benzene rings is 2. The van der Waals surface area contributed by atoms with Gasteiger partial charge in [0.1, 0.15) is 5.76 Å². The minimum absolute atomic E-state index is 0.00480. The summed E-state index contributed by atoms with van der Waals surface area (Å²) >= 11 is 0. The lowest BCUT2D eigenvalue weighted by atomic mass is 9.80. The van der Waals surface area contributed by atoms with E-state index in [1.165, 1.54) is 0 Å². The highest BCUT2D eigenvalue weighted by atomic mass is 16.3.